The third kappa shape index (κ3) is 4.20. The van der Waals surface area contributed by atoms with Crippen molar-refractivity contribution in [3.05, 3.63) is 0 Å². The van der Waals surface area contributed by atoms with Crippen molar-refractivity contribution in [3.8, 4) is 0 Å². The van der Waals surface area contributed by atoms with E-state index in [2.05, 4.69) is 0 Å². The van der Waals surface area contributed by atoms with Crippen LogP contribution in [-0.4, -0.2) is 47.7 Å². The molecule has 0 aromatic carbocycles. The largest absolute Gasteiger partial charge is 0.481 e. The number of aliphatic carboxylic acids is 1. The first-order chi connectivity index (χ1) is 9.16. The zero-order valence-corrected chi connectivity index (χ0v) is 11.3. The third-order valence-corrected chi connectivity index (χ3v) is 4.06. The van der Waals surface area contributed by atoms with E-state index in [1.54, 1.807) is 4.90 Å². The zero-order chi connectivity index (χ0) is 13.7. The Bertz CT molecular complexity index is 319. The van der Waals surface area contributed by atoms with Crippen LogP contribution in [0.5, 0.6) is 0 Å². The number of carbonyl (C=O) groups excluding carboxylic acids is 1. The molecule has 1 amide bonds. The van der Waals surface area contributed by atoms with Crippen LogP contribution in [0.25, 0.3) is 0 Å². The van der Waals surface area contributed by atoms with Gasteiger partial charge in [0.15, 0.2) is 0 Å². The van der Waals surface area contributed by atoms with Gasteiger partial charge < -0.3 is 14.7 Å². The number of hydrogen-bond acceptors (Lipinski definition) is 3. The SMILES string of the molecule is O=C(O)CCN(CC1CCCO1)C(=O)C1CCCC1. The molecular formula is C14H23NO4. The zero-order valence-electron chi connectivity index (χ0n) is 11.3. The highest BCUT2D eigenvalue weighted by atomic mass is 16.5. The Labute approximate surface area is 113 Å². The van der Waals surface area contributed by atoms with Crippen LogP contribution in [0.4, 0.5) is 0 Å². The van der Waals surface area contributed by atoms with Gasteiger partial charge in [0.2, 0.25) is 5.91 Å². The summed E-state index contributed by atoms with van der Waals surface area (Å²) in [6.07, 6.45) is 6.26. The first-order valence-electron chi connectivity index (χ1n) is 7.29. The molecule has 1 heterocycles. The van der Waals surface area contributed by atoms with Gasteiger partial charge >= 0.3 is 5.97 Å². The Morgan fingerprint density at radius 3 is 2.47 bits per heavy atom. The summed E-state index contributed by atoms with van der Waals surface area (Å²) in [6, 6.07) is 0. The quantitative estimate of drug-likeness (QED) is 0.796. The Hall–Kier alpha value is -1.10. The van der Waals surface area contributed by atoms with Crippen molar-refractivity contribution in [1.82, 2.24) is 4.90 Å². The van der Waals surface area contributed by atoms with Crippen LogP contribution < -0.4 is 0 Å². The predicted octanol–water partition coefficient (Wildman–Crippen LogP) is 1.66. The summed E-state index contributed by atoms with van der Waals surface area (Å²) < 4.78 is 5.56. The van der Waals surface area contributed by atoms with E-state index >= 15 is 0 Å². The van der Waals surface area contributed by atoms with Gasteiger partial charge in [-0.05, 0) is 25.7 Å². The molecule has 1 saturated heterocycles. The summed E-state index contributed by atoms with van der Waals surface area (Å²) in [5.74, 6) is -0.610. The van der Waals surface area contributed by atoms with E-state index in [4.69, 9.17) is 9.84 Å². The van der Waals surface area contributed by atoms with Gasteiger partial charge in [0.1, 0.15) is 0 Å². The maximum atomic E-state index is 12.4. The van der Waals surface area contributed by atoms with E-state index in [1.165, 1.54) is 0 Å². The maximum Gasteiger partial charge on any atom is 0.305 e. The Kier molecular flexibility index (Phi) is 5.19. The van der Waals surface area contributed by atoms with Gasteiger partial charge in [0, 0.05) is 25.6 Å². The molecule has 2 aliphatic rings. The number of ether oxygens (including phenoxy) is 1. The lowest BCUT2D eigenvalue weighted by Crippen LogP contribution is -2.41. The van der Waals surface area contributed by atoms with E-state index in [0.29, 0.717) is 13.1 Å². The number of hydrogen-bond donors (Lipinski definition) is 1. The number of rotatable bonds is 6. The fourth-order valence-electron chi connectivity index (χ4n) is 2.99. The second-order valence-electron chi connectivity index (χ2n) is 5.54. The molecule has 19 heavy (non-hydrogen) atoms. The molecule has 0 spiro atoms. The molecule has 0 aromatic heterocycles. The van der Waals surface area contributed by atoms with Gasteiger partial charge in [-0.2, -0.15) is 0 Å². The maximum absolute atomic E-state index is 12.4. The third-order valence-electron chi connectivity index (χ3n) is 4.06. The van der Waals surface area contributed by atoms with Gasteiger partial charge in [-0.25, -0.2) is 0 Å². The molecule has 1 atom stereocenters. The lowest BCUT2D eigenvalue weighted by molar-refractivity contribution is -0.140. The number of carboxylic acids is 1. The number of amides is 1. The Morgan fingerprint density at radius 2 is 1.89 bits per heavy atom. The minimum Gasteiger partial charge on any atom is -0.481 e. The summed E-state index contributed by atoms with van der Waals surface area (Å²) in [5.41, 5.74) is 0. The average molecular weight is 269 g/mol. The van der Waals surface area contributed by atoms with Gasteiger partial charge in [0.05, 0.1) is 12.5 Å². The standard InChI is InChI=1S/C14H23NO4/c16-13(17)7-8-15(10-12-6-3-9-19-12)14(18)11-4-1-2-5-11/h11-12H,1-10H2,(H,16,17). The van der Waals surface area contributed by atoms with Crippen molar-refractivity contribution >= 4 is 11.9 Å². The molecule has 2 rings (SSSR count). The molecule has 1 aliphatic heterocycles. The van der Waals surface area contributed by atoms with Gasteiger partial charge in [-0.3, -0.25) is 9.59 Å². The molecular weight excluding hydrogens is 246 g/mol. The fourth-order valence-corrected chi connectivity index (χ4v) is 2.99. The highest BCUT2D eigenvalue weighted by Crippen LogP contribution is 2.27. The molecule has 1 aliphatic carbocycles. The molecule has 0 radical (unpaired) electrons. The van der Waals surface area contributed by atoms with Gasteiger partial charge in [-0.1, -0.05) is 12.8 Å². The van der Waals surface area contributed by atoms with E-state index in [0.717, 1.165) is 45.1 Å². The highest BCUT2D eigenvalue weighted by Gasteiger charge is 2.29. The van der Waals surface area contributed by atoms with Crippen LogP contribution in [-0.2, 0) is 14.3 Å². The van der Waals surface area contributed by atoms with Crippen LogP contribution in [0.15, 0.2) is 0 Å². The summed E-state index contributed by atoms with van der Waals surface area (Å²) in [7, 11) is 0. The van der Waals surface area contributed by atoms with Crippen molar-refractivity contribution in [1.29, 1.82) is 0 Å². The van der Waals surface area contributed by atoms with Crippen LogP contribution in [0.3, 0.4) is 0 Å². The Morgan fingerprint density at radius 1 is 1.16 bits per heavy atom. The van der Waals surface area contributed by atoms with Crippen LogP contribution >= 0.6 is 0 Å². The molecule has 5 heteroatoms. The molecule has 1 N–H and O–H groups in total. The van der Waals surface area contributed by atoms with Gasteiger partial charge in [-0.15, -0.1) is 0 Å². The summed E-state index contributed by atoms with van der Waals surface area (Å²) in [4.78, 5) is 24.9. The van der Waals surface area contributed by atoms with Crippen LogP contribution in [0, 0.1) is 5.92 Å². The number of carbonyl (C=O) groups is 2. The van der Waals surface area contributed by atoms with Crippen LogP contribution in [0.2, 0.25) is 0 Å². The van der Waals surface area contributed by atoms with Gasteiger partial charge in [0.25, 0.3) is 0 Å². The van der Waals surface area contributed by atoms with Crippen molar-refractivity contribution in [2.45, 2.75) is 51.0 Å². The van der Waals surface area contributed by atoms with Crippen molar-refractivity contribution in [2.75, 3.05) is 19.7 Å². The molecule has 0 aromatic rings. The lowest BCUT2D eigenvalue weighted by Gasteiger charge is -2.27. The molecule has 108 valence electrons. The summed E-state index contributed by atoms with van der Waals surface area (Å²) in [6.45, 7) is 1.63. The second-order valence-corrected chi connectivity index (χ2v) is 5.54. The minimum absolute atomic E-state index is 0.0190. The average Bonchev–Trinajstić information content (AvgIpc) is 3.06. The summed E-state index contributed by atoms with van der Waals surface area (Å²) >= 11 is 0. The molecule has 1 saturated carbocycles. The van der Waals surface area contributed by atoms with Crippen molar-refractivity contribution < 1.29 is 19.4 Å². The normalized spacial score (nSPS) is 23.7. The van der Waals surface area contributed by atoms with E-state index < -0.39 is 5.97 Å². The molecule has 2 fully saturated rings. The first-order valence-corrected chi connectivity index (χ1v) is 7.29. The first kappa shape index (κ1) is 14.3. The molecule has 0 bridgehead atoms. The summed E-state index contributed by atoms with van der Waals surface area (Å²) in [5, 5.41) is 8.80. The van der Waals surface area contributed by atoms with E-state index in [9.17, 15) is 9.59 Å². The number of carboxylic acid groups (broad SMARTS) is 1. The van der Waals surface area contributed by atoms with Crippen LogP contribution in [0.1, 0.15) is 44.9 Å². The Balaban J connectivity index is 1.90. The molecule has 5 nitrogen and oxygen atoms in total. The fraction of sp³-hybridized carbons (Fsp3) is 0.857. The minimum atomic E-state index is -0.850. The van der Waals surface area contributed by atoms with E-state index in [1.807, 2.05) is 0 Å². The van der Waals surface area contributed by atoms with E-state index in [-0.39, 0.29) is 24.3 Å². The predicted molar refractivity (Wildman–Crippen MR) is 69.8 cm³/mol. The van der Waals surface area contributed by atoms with Crippen molar-refractivity contribution in [2.24, 2.45) is 5.92 Å². The number of nitrogens with zero attached hydrogens (tertiary/aromatic N) is 1. The monoisotopic (exact) mass is 269 g/mol. The second kappa shape index (κ2) is 6.89. The van der Waals surface area contributed by atoms with Crippen molar-refractivity contribution in [3.63, 3.8) is 0 Å². The smallest absolute Gasteiger partial charge is 0.305 e. The molecule has 1 unspecified atom stereocenters. The highest BCUT2D eigenvalue weighted by molar-refractivity contribution is 5.79. The lowest BCUT2D eigenvalue weighted by atomic mass is 10.1. The topological polar surface area (TPSA) is 66.8 Å².